The van der Waals surface area contributed by atoms with E-state index in [-0.39, 0.29) is 5.97 Å². The van der Waals surface area contributed by atoms with Crippen LogP contribution in [-0.2, 0) is 4.74 Å². The van der Waals surface area contributed by atoms with Crippen molar-refractivity contribution < 1.29 is 14.3 Å². The van der Waals surface area contributed by atoms with Crippen molar-refractivity contribution in [3.05, 3.63) is 35.4 Å². The largest absolute Gasteiger partial charge is 0.493 e. The molecule has 1 aliphatic carbocycles. The Morgan fingerprint density at radius 1 is 1.37 bits per heavy atom. The molecular weight excluding hydrogens is 240 g/mol. The highest BCUT2D eigenvalue weighted by atomic mass is 16.5. The summed E-state index contributed by atoms with van der Waals surface area (Å²) in [6.07, 6.45) is 6.47. The standard InChI is InChI=1S/C16H18O3/c1-2-3-4-15-14-9-12(18-10-11-5-6-11)7-8-13(14)16(17)19-15/h4,7-9,11H,2-3,5-6,10H2,1H3/b15-4-. The van der Waals surface area contributed by atoms with E-state index in [0.717, 1.165) is 36.7 Å². The SMILES string of the molecule is CCC/C=C1\OC(=O)c2ccc(OCC3CC3)cc21. The van der Waals surface area contributed by atoms with Crippen molar-refractivity contribution >= 4 is 11.7 Å². The van der Waals surface area contributed by atoms with E-state index in [0.29, 0.717) is 11.3 Å². The van der Waals surface area contributed by atoms with Gasteiger partial charge in [0.05, 0.1) is 12.2 Å². The molecule has 0 amide bonds. The minimum Gasteiger partial charge on any atom is -0.493 e. The first-order valence-electron chi connectivity index (χ1n) is 6.97. The quantitative estimate of drug-likeness (QED) is 0.754. The predicted molar refractivity (Wildman–Crippen MR) is 73.0 cm³/mol. The van der Waals surface area contributed by atoms with Crippen LogP contribution in [0.3, 0.4) is 0 Å². The average molecular weight is 258 g/mol. The molecule has 2 aliphatic rings. The second kappa shape index (κ2) is 5.08. The fraction of sp³-hybridized carbons (Fsp3) is 0.438. The summed E-state index contributed by atoms with van der Waals surface area (Å²) in [6.45, 7) is 2.88. The maximum Gasteiger partial charge on any atom is 0.344 e. The molecule has 0 spiro atoms. The number of fused-ring (bicyclic) bond motifs is 1. The van der Waals surface area contributed by atoms with Gasteiger partial charge in [-0.15, -0.1) is 0 Å². The summed E-state index contributed by atoms with van der Waals surface area (Å²) in [5, 5.41) is 0. The van der Waals surface area contributed by atoms with Gasteiger partial charge in [0.15, 0.2) is 0 Å². The zero-order chi connectivity index (χ0) is 13.2. The molecular formula is C16H18O3. The Balaban J connectivity index is 1.82. The number of rotatable bonds is 5. The number of carbonyl (C=O) groups is 1. The summed E-state index contributed by atoms with van der Waals surface area (Å²) in [4.78, 5) is 11.7. The monoisotopic (exact) mass is 258 g/mol. The van der Waals surface area contributed by atoms with E-state index < -0.39 is 0 Å². The van der Waals surface area contributed by atoms with Crippen molar-refractivity contribution in [2.24, 2.45) is 5.92 Å². The molecule has 0 N–H and O–H groups in total. The molecule has 3 heteroatoms. The summed E-state index contributed by atoms with van der Waals surface area (Å²) in [7, 11) is 0. The maximum atomic E-state index is 11.7. The van der Waals surface area contributed by atoms with E-state index in [9.17, 15) is 4.79 Å². The van der Waals surface area contributed by atoms with Crippen LogP contribution in [0, 0.1) is 5.92 Å². The molecule has 100 valence electrons. The molecule has 0 radical (unpaired) electrons. The van der Waals surface area contributed by atoms with Crippen LogP contribution in [0.2, 0.25) is 0 Å². The van der Waals surface area contributed by atoms with Gasteiger partial charge >= 0.3 is 5.97 Å². The summed E-state index contributed by atoms with van der Waals surface area (Å²) < 4.78 is 11.0. The van der Waals surface area contributed by atoms with Crippen LogP contribution in [0.1, 0.15) is 48.5 Å². The summed E-state index contributed by atoms with van der Waals surface area (Å²) >= 11 is 0. The topological polar surface area (TPSA) is 35.5 Å². The molecule has 1 heterocycles. The number of allylic oxidation sites excluding steroid dienone is 1. The van der Waals surface area contributed by atoms with Crippen molar-refractivity contribution in [1.82, 2.24) is 0 Å². The molecule has 0 unspecified atom stereocenters. The number of cyclic esters (lactones) is 1. The van der Waals surface area contributed by atoms with E-state index >= 15 is 0 Å². The van der Waals surface area contributed by atoms with Gasteiger partial charge in [-0.05, 0) is 49.5 Å². The highest BCUT2D eigenvalue weighted by Gasteiger charge is 2.27. The first kappa shape index (κ1) is 12.3. The zero-order valence-corrected chi connectivity index (χ0v) is 11.1. The second-order valence-electron chi connectivity index (χ2n) is 5.21. The van der Waals surface area contributed by atoms with Crippen LogP contribution >= 0.6 is 0 Å². The smallest absolute Gasteiger partial charge is 0.344 e. The minimum absolute atomic E-state index is 0.258. The van der Waals surface area contributed by atoms with Crippen molar-refractivity contribution in [1.29, 1.82) is 0 Å². The van der Waals surface area contributed by atoms with Gasteiger partial charge in [0, 0.05) is 5.56 Å². The molecule has 1 aliphatic heterocycles. The average Bonchev–Trinajstić information content (AvgIpc) is 3.20. The lowest BCUT2D eigenvalue weighted by Gasteiger charge is -2.06. The molecule has 1 fully saturated rings. The first-order chi connectivity index (χ1) is 9.28. The highest BCUT2D eigenvalue weighted by Crippen LogP contribution is 2.34. The van der Waals surface area contributed by atoms with Crippen molar-refractivity contribution in [2.45, 2.75) is 32.6 Å². The van der Waals surface area contributed by atoms with Crippen LogP contribution in [0.15, 0.2) is 24.3 Å². The summed E-state index contributed by atoms with van der Waals surface area (Å²) in [6, 6.07) is 5.57. The van der Waals surface area contributed by atoms with Gasteiger partial charge < -0.3 is 9.47 Å². The maximum absolute atomic E-state index is 11.7. The van der Waals surface area contributed by atoms with Gasteiger partial charge in [-0.25, -0.2) is 4.79 Å². The zero-order valence-electron chi connectivity index (χ0n) is 11.1. The van der Waals surface area contributed by atoms with Crippen LogP contribution < -0.4 is 4.74 Å². The number of unbranched alkanes of at least 4 members (excludes halogenated alkanes) is 1. The minimum atomic E-state index is -0.258. The summed E-state index contributed by atoms with van der Waals surface area (Å²) in [5.41, 5.74) is 1.51. The predicted octanol–water partition coefficient (Wildman–Crippen LogP) is 3.79. The molecule has 0 bridgehead atoms. The third-order valence-electron chi connectivity index (χ3n) is 3.48. The first-order valence-corrected chi connectivity index (χ1v) is 6.97. The third-order valence-corrected chi connectivity index (χ3v) is 3.48. The fourth-order valence-corrected chi connectivity index (χ4v) is 2.13. The van der Waals surface area contributed by atoms with Crippen molar-refractivity contribution in [3.63, 3.8) is 0 Å². The molecule has 0 atom stereocenters. The van der Waals surface area contributed by atoms with E-state index in [1.54, 1.807) is 6.07 Å². The molecule has 1 aromatic rings. The Kier molecular flexibility index (Phi) is 3.28. The number of carbonyl (C=O) groups excluding carboxylic acids is 1. The number of benzene rings is 1. The lowest BCUT2D eigenvalue weighted by atomic mass is 10.1. The Morgan fingerprint density at radius 3 is 2.95 bits per heavy atom. The van der Waals surface area contributed by atoms with Crippen LogP contribution in [-0.4, -0.2) is 12.6 Å². The molecule has 0 aromatic heterocycles. The third kappa shape index (κ3) is 2.65. The van der Waals surface area contributed by atoms with E-state index in [2.05, 4.69) is 6.92 Å². The van der Waals surface area contributed by atoms with E-state index in [4.69, 9.17) is 9.47 Å². The Hall–Kier alpha value is -1.77. The van der Waals surface area contributed by atoms with Crippen LogP contribution in [0.5, 0.6) is 5.75 Å². The molecule has 3 nitrogen and oxygen atoms in total. The number of esters is 1. The fourth-order valence-electron chi connectivity index (χ4n) is 2.13. The normalized spacial score (nSPS) is 19.4. The molecule has 1 saturated carbocycles. The second-order valence-corrected chi connectivity index (χ2v) is 5.21. The Morgan fingerprint density at radius 2 is 2.21 bits per heavy atom. The van der Waals surface area contributed by atoms with Gasteiger partial charge in [-0.2, -0.15) is 0 Å². The number of ether oxygens (including phenoxy) is 2. The Labute approximate surface area is 113 Å². The molecule has 0 saturated heterocycles. The van der Waals surface area contributed by atoms with E-state index in [1.807, 2.05) is 18.2 Å². The van der Waals surface area contributed by atoms with Crippen molar-refractivity contribution in [2.75, 3.05) is 6.61 Å². The number of hydrogen-bond donors (Lipinski definition) is 0. The van der Waals surface area contributed by atoms with Crippen molar-refractivity contribution in [3.8, 4) is 5.75 Å². The summed E-state index contributed by atoms with van der Waals surface area (Å²) in [5.74, 6) is 1.97. The van der Waals surface area contributed by atoms with Crippen LogP contribution in [0.25, 0.3) is 5.76 Å². The van der Waals surface area contributed by atoms with Gasteiger partial charge in [0.2, 0.25) is 0 Å². The Bertz CT molecular complexity index is 527. The van der Waals surface area contributed by atoms with E-state index in [1.165, 1.54) is 12.8 Å². The van der Waals surface area contributed by atoms with Gasteiger partial charge in [0.1, 0.15) is 11.5 Å². The lowest BCUT2D eigenvalue weighted by Crippen LogP contribution is -1.99. The van der Waals surface area contributed by atoms with Crippen LogP contribution in [0.4, 0.5) is 0 Å². The molecule has 3 rings (SSSR count). The highest BCUT2D eigenvalue weighted by molar-refractivity contribution is 6.03. The number of hydrogen-bond acceptors (Lipinski definition) is 3. The van der Waals surface area contributed by atoms with Gasteiger partial charge in [-0.1, -0.05) is 13.3 Å². The molecule has 1 aromatic carbocycles. The van der Waals surface area contributed by atoms with Gasteiger partial charge in [0.25, 0.3) is 0 Å². The molecule has 19 heavy (non-hydrogen) atoms. The van der Waals surface area contributed by atoms with Gasteiger partial charge in [-0.3, -0.25) is 0 Å². The lowest BCUT2D eigenvalue weighted by molar-refractivity contribution is 0.0715.